The Labute approximate surface area is 166 Å². The van der Waals surface area contributed by atoms with Crippen molar-refractivity contribution < 1.29 is 14.5 Å². The molecule has 1 spiro atoms. The third-order valence-electron chi connectivity index (χ3n) is 6.16. The smallest absolute Gasteiger partial charge is 0.269 e. The Bertz CT molecular complexity index is 1020. The first-order valence-electron chi connectivity index (χ1n) is 9.43. The Morgan fingerprint density at radius 3 is 2.66 bits per heavy atom. The minimum absolute atomic E-state index is 0.00765. The summed E-state index contributed by atoms with van der Waals surface area (Å²) >= 11 is 0. The van der Waals surface area contributed by atoms with E-state index in [4.69, 9.17) is 0 Å². The Balaban J connectivity index is 1.56. The predicted molar refractivity (Wildman–Crippen MR) is 104 cm³/mol. The van der Waals surface area contributed by atoms with Gasteiger partial charge < -0.3 is 10.2 Å². The topological polar surface area (TPSA) is 117 Å². The lowest BCUT2D eigenvalue weighted by Crippen LogP contribution is -2.62. The zero-order valence-corrected chi connectivity index (χ0v) is 15.4. The van der Waals surface area contributed by atoms with Crippen molar-refractivity contribution in [1.82, 2.24) is 16.2 Å². The number of non-ortho nitro benzene ring substituents is 1. The van der Waals surface area contributed by atoms with Gasteiger partial charge in [-0.2, -0.15) is 0 Å². The SMILES string of the molecule is O=C1CC2(C(=O)N(Cc3ccc([N+](=O)[O-])cc3)c3ccccc32)C2CNNC2N1. The number of nitrogens with one attached hydrogen (secondary N) is 3. The normalized spacial score (nSPS) is 27.7. The first-order chi connectivity index (χ1) is 14.0. The van der Waals surface area contributed by atoms with Gasteiger partial charge in [0.1, 0.15) is 0 Å². The predicted octanol–water partition coefficient (Wildman–Crippen LogP) is 0.949. The number of piperidine rings is 1. The summed E-state index contributed by atoms with van der Waals surface area (Å²) in [4.78, 5) is 38.4. The van der Waals surface area contributed by atoms with Gasteiger partial charge in [-0.25, -0.2) is 5.43 Å². The molecule has 29 heavy (non-hydrogen) atoms. The van der Waals surface area contributed by atoms with Crippen LogP contribution in [0.3, 0.4) is 0 Å². The number of fused-ring (bicyclic) bond motifs is 4. The Morgan fingerprint density at radius 2 is 1.90 bits per heavy atom. The number of anilines is 1. The van der Waals surface area contributed by atoms with Crippen molar-refractivity contribution in [1.29, 1.82) is 0 Å². The summed E-state index contributed by atoms with van der Waals surface area (Å²) in [5, 5.41) is 13.8. The summed E-state index contributed by atoms with van der Waals surface area (Å²) < 4.78 is 0. The van der Waals surface area contributed by atoms with E-state index in [1.54, 1.807) is 17.0 Å². The van der Waals surface area contributed by atoms with Gasteiger partial charge in [-0.15, -0.1) is 0 Å². The molecule has 148 valence electrons. The number of carbonyl (C=O) groups excluding carboxylic acids is 2. The number of benzene rings is 2. The fourth-order valence-electron chi connectivity index (χ4n) is 4.85. The van der Waals surface area contributed by atoms with Gasteiger partial charge in [0.15, 0.2) is 0 Å². The third-order valence-corrected chi connectivity index (χ3v) is 6.16. The summed E-state index contributed by atoms with van der Waals surface area (Å²) in [5.74, 6) is -0.383. The molecule has 0 saturated carbocycles. The van der Waals surface area contributed by atoms with E-state index >= 15 is 0 Å². The highest BCUT2D eigenvalue weighted by molar-refractivity contribution is 6.11. The molecule has 3 aliphatic heterocycles. The maximum atomic E-state index is 13.8. The number of hydrogen-bond donors (Lipinski definition) is 3. The molecule has 3 atom stereocenters. The summed E-state index contributed by atoms with van der Waals surface area (Å²) in [6, 6.07) is 13.8. The zero-order chi connectivity index (χ0) is 20.2. The molecule has 3 heterocycles. The van der Waals surface area contributed by atoms with Crippen LogP contribution in [0.1, 0.15) is 17.5 Å². The first-order valence-corrected chi connectivity index (χ1v) is 9.43. The highest BCUT2D eigenvalue weighted by atomic mass is 16.6. The lowest BCUT2D eigenvalue weighted by Gasteiger charge is -2.40. The molecule has 2 saturated heterocycles. The van der Waals surface area contributed by atoms with E-state index in [0.717, 1.165) is 16.8 Å². The first kappa shape index (κ1) is 17.8. The van der Waals surface area contributed by atoms with E-state index in [2.05, 4.69) is 16.2 Å². The van der Waals surface area contributed by atoms with Gasteiger partial charge in [-0.05, 0) is 17.2 Å². The molecule has 9 heteroatoms. The highest BCUT2D eigenvalue weighted by Gasteiger charge is 2.61. The summed E-state index contributed by atoms with van der Waals surface area (Å²) in [5.41, 5.74) is 7.64. The molecule has 2 aromatic rings. The molecule has 3 aliphatic rings. The Morgan fingerprint density at radius 1 is 1.14 bits per heavy atom. The number of amides is 2. The van der Waals surface area contributed by atoms with Crippen LogP contribution in [0, 0.1) is 16.0 Å². The van der Waals surface area contributed by atoms with Gasteiger partial charge in [0, 0.05) is 36.7 Å². The zero-order valence-electron chi connectivity index (χ0n) is 15.4. The van der Waals surface area contributed by atoms with Crippen molar-refractivity contribution in [2.45, 2.75) is 24.5 Å². The monoisotopic (exact) mass is 393 g/mol. The largest absolute Gasteiger partial charge is 0.339 e. The lowest BCUT2D eigenvalue weighted by molar-refractivity contribution is -0.384. The quantitative estimate of drug-likeness (QED) is 0.528. The molecule has 3 N–H and O–H groups in total. The minimum atomic E-state index is -0.930. The number of nitrogens with zero attached hydrogens (tertiary/aromatic N) is 2. The van der Waals surface area contributed by atoms with Gasteiger partial charge in [-0.1, -0.05) is 30.3 Å². The van der Waals surface area contributed by atoms with Crippen molar-refractivity contribution >= 4 is 23.2 Å². The van der Waals surface area contributed by atoms with E-state index in [1.165, 1.54) is 12.1 Å². The van der Waals surface area contributed by atoms with Crippen LogP contribution >= 0.6 is 0 Å². The Hall–Kier alpha value is -3.30. The van der Waals surface area contributed by atoms with Gasteiger partial charge >= 0.3 is 0 Å². The molecule has 0 aromatic heterocycles. The summed E-state index contributed by atoms with van der Waals surface area (Å²) in [7, 11) is 0. The number of hydrogen-bond acceptors (Lipinski definition) is 6. The van der Waals surface area contributed by atoms with Gasteiger partial charge in [0.25, 0.3) is 5.69 Å². The van der Waals surface area contributed by atoms with Crippen molar-refractivity contribution in [3.8, 4) is 0 Å². The number of para-hydroxylation sites is 1. The van der Waals surface area contributed by atoms with Gasteiger partial charge in [-0.3, -0.25) is 25.1 Å². The second kappa shape index (κ2) is 6.36. The molecule has 0 bridgehead atoms. The Kier molecular flexibility index (Phi) is 3.90. The molecule has 2 aromatic carbocycles. The van der Waals surface area contributed by atoms with E-state index < -0.39 is 10.3 Å². The van der Waals surface area contributed by atoms with Crippen LogP contribution in [0.15, 0.2) is 48.5 Å². The molecular formula is C20H19N5O4. The van der Waals surface area contributed by atoms with Crippen molar-refractivity contribution in [3.05, 3.63) is 69.8 Å². The van der Waals surface area contributed by atoms with E-state index in [0.29, 0.717) is 6.54 Å². The van der Waals surface area contributed by atoms with Crippen LogP contribution in [-0.4, -0.2) is 29.4 Å². The molecule has 2 amide bonds. The van der Waals surface area contributed by atoms with Crippen LogP contribution in [0.4, 0.5) is 11.4 Å². The number of nitro groups is 1. The number of hydrazine groups is 1. The summed E-state index contributed by atoms with van der Waals surface area (Å²) in [6.07, 6.45) is -0.211. The van der Waals surface area contributed by atoms with E-state index in [-0.39, 0.29) is 42.6 Å². The molecule has 0 aliphatic carbocycles. The van der Waals surface area contributed by atoms with Crippen LogP contribution in [-0.2, 0) is 21.5 Å². The van der Waals surface area contributed by atoms with E-state index in [9.17, 15) is 19.7 Å². The van der Waals surface area contributed by atoms with Crippen LogP contribution < -0.4 is 21.1 Å². The average Bonchev–Trinajstić information content (AvgIpc) is 3.27. The minimum Gasteiger partial charge on any atom is -0.339 e. The maximum absolute atomic E-state index is 13.8. The summed E-state index contributed by atoms with van der Waals surface area (Å²) in [6.45, 7) is 0.853. The van der Waals surface area contributed by atoms with Crippen molar-refractivity contribution in [2.75, 3.05) is 11.4 Å². The second-order valence-corrected chi connectivity index (χ2v) is 7.66. The molecule has 0 radical (unpaired) electrons. The molecule has 3 unspecified atom stereocenters. The maximum Gasteiger partial charge on any atom is 0.269 e. The molecule has 9 nitrogen and oxygen atoms in total. The highest BCUT2D eigenvalue weighted by Crippen LogP contribution is 2.51. The number of nitro benzene ring substituents is 1. The number of carbonyl (C=O) groups is 2. The molecular weight excluding hydrogens is 374 g/mol. The van der Waals surface area contributed by atoms with Crippen LogP contribution in [0.2, 0.25) is 0 Å². The third kappa shape index (κ3) is 2.55. The van der Waals surface area contributed by atoms with Crippen molar-refractivity contribution in [3.63, 3.8) is 0 Å². The van der Waals surface area contributed by atoms with Gasteiger partial charge in [0.05, 0.1) is 23.0 Å². The fraction of sp³-hybridized carbons (Fsp3) is 0.300. The average molecular weight is 393 g/mol. The standard InChI is InChI=1S/C20H19N5O4/c26-17-9-20(15-10-21-23-18(15)22-17)14-3-1-2-4-16(14)24(19(20)27)11-12-5-7-13(8-6-12)25(28)29/h1-8,15,18,21,23H,9-11H2,(H,22,26). The van der Waals surface area contributed by atoms with Crippen molar-refractivity contribution in [2.24, 2.45) is 5.92 Å². The van der Waals surface area contributed by atoms with Crippen LogP contribution in [0.25, 0.3) is 0 Å². The molecule has 2 fully saturated rings. The van der Waals surface area contributed by atoms with Gasteiger partial charge in [0.2, 0.25) is 11.8 Å². The molecule has 5 rings (SSSR count). The lowest BCUT2D eigenvalue weighted by atomic mass is 9.65. The second-order valence-electron chi connectivity index (χ2n) is 7.66. The fourth-order valence-corrected chi connectivity index (χ4v) is 4.85. The van der Waals surface area contributed by atoms with E-state index in [1.807, 2.05) is 24.3 Å². The van der Waals surface area contributed by atoms with Crippen LogP contribution in [0.5, 0.6) is 0 Å². The number of rotatable bonds is 3.